The summed E-state index contributed by atoms with van der Waals surface area (Å²) in [5.41, 5.74) is 1.07. The Bertz CT molecular complexity index is 589. The molecule has 0 fully saturated rings. The third-order valence-corrected chi connectivity index (χ3v) is 4.09. The van der Waals surface area contributed by atoms with Gasteiger partial charge < -0.3 is 5.32 Å². The lowest BCUT2D eigenvalue weighted by Gasteiger charge is -2.13. The van der Waals surface area contributed by atoms with Crippen molar-refractivity contribution in [1.82, 2.24) is 9.97 Å². The summed E-state index contributed by atoms with van der Waals surface area (Å²) in [4.78, 5) is 9.27. The van der Waals surface area contributed by atoms with E-state index in [2.05, 4.69) is 29.1 Å². The summed E-state index contributed by atoms with van der Waals surface area (Å²) in [5.74, 6) is 0.652. The van der Waals surface area contributed by atoms with Crippen LogP contribution in [0.25, 0.3) is 0 Å². The molecule has 0 bridgehead atoms. The molecule has 0 radical (unpaired) electrons. The van der Waals surface area contributed by atoms with Crippen LogP contribution in [0.4, 0.5) is 10.2 Å². The lowest BCUT2D eigenvalue weighted by atomic mass is 10.2. The summed E-state index contributed by atoms with van der Waals surface area (Å²) in [6.07, 6.45) is 4.45. The largest absolute Gasteiger partial charge is 0.370 e. The topological polar surface area (TPSA) is 37.8 Å². The molecule has 5 heteroatoms. The molecule has 0 saturated carbocycles. The predicted octanol–water partition coefficient (Wildman–Crippen LogP) is 4.54. The minimum absolute atomic E-state index is 0.216. The van der Waals surface area contributed by atoms with Crippen LogP contribution in [0.1, 0.15) is 32.3 Å². The molecule has 2 rings (SSSR count). The Labute approximate surface area is 129 Å². The quantitative estimate of drug-likeness (QED) is 0.762. The molecule has 0 aliphatic rings. The van der Waals surface area contributed by atoms with Crippen LogP contribution in [0.5, 0.6) is 0 Å². The Morgan fingerprint density at radius 1 is 1.14 bits per heavy atom. The van der Waals surface area contributed by atoms with E-state index < -0.39 is 0 Å². The highest BCUT2D eigenvalue weighted by atomic mass is 32.2. The summed E-state index contributed by atoms with van der Waals surface area (Å²) in [5, 5.41) is 4.16. The zero-order valence-electron chi connectivity index (χ0n) is 12.4. The van der Waals surface area contributed by atoms with Gasteiger partial charge in [0.05, 0.1) is 0 Å². The van der Waals surface area contributed by atoms with Gasteiger partial charge in [-0.05, 0) is 25.0 Å². The first-order valence-electron chi connectivity index (χ1n) is 7.26. The van der Waals surface area contributed by atoms with Gasteiger partial charge in [-0.1, -0.05) is 44.2 Å². The minimum atomic E-state index is -0.216. The molecule has 0 amide bonds. The first-order chi connectivity index (χ1) is 10.3. The van der Waals surface area contributed by atoms with Crippen molar-refractivity contribution in [3.8, 4) is 0 Å². The zero-order chi connectivity index (χ0) is 15.1. The van der Waals surface area contributed by atoms with E-state index in [1.807, 2.05) is 6.07 Å². The van der Waals surface area contributed by atoms with Crippen LogP contribution >= 0.6 is 11.8 Å². The van der Waals surface area contributed by atoms with Crippen molar-refractivity contribution in [3.05, 3.63) is 42.0 Å². The second-order valence-corrected chi connectivity index (χ2v) is 5.75. The van der Waals surface area contributed by atoms with Crippen LogP contribution in [0.3, 0.4) is 0 Å². The van der Waals surface area contributed by atoms with Crippen LogP contribution in [-0.4, -0.2) is 16.5 Å². The highest BCUT2D eigenvalue weighted by molar-refractivity contribution is 7.99. The first kappa shape index (κ1) is 15.8. The number of rotatable bonds is 7. The number of nitrogens with one attached hydrogen (secondary N) is 1. The van der Waals surface area contributed by atoms with E-state index in [1.165, 1.54) is 17.8 Å². The third-order valence-electron chi connectivity index (χ3n) is 2.99. The molecule has 0 aliphatic heterocycles. The number of aromatic nitrogens is 2. The van der Waals surface area contributed by atoms with Gasteiger partial charge in [-0.15, -0.1) is 0 Å². The van der Waals surface area contributed by atoms with Crippen LogP contribution < -0.4 is 5.32 Å². The van der Waals surface area contributed by atoms with E-state index in [0.717, 1.165) is 42.2 Å². The summed E-state index contributed by atoms with van der Waals surface area (Å²) < 4.78 is 13.8. The highest BCUT2D eigenvalue weighted by Gasteiger charge is 2.13. The number of anilines is 1. The Morgan fingerprint density at radius 3 is 2.67 bits per heavy atom. The van der Waals surface area contributed by atoms with Gasteiger partial charge in [0, 0.05) is 17.0 Å². The van der Waals surface area contributed by atoms with Crippen molar-refractivity contribution in [2.24, 2.45) is 0 Å². The molecule has 0 aliphatic carbocycles. The molecule has 2 aromatic rings. The van der Waals surface area contributed by atoms with Crippen LogP contribution in [0.15, 0.2) is 40.5 Å². The van der Waals surface area contributed by atoms with E-state index in [-0.39, 0.29) is 5.82 Å². The van der Waals surface area contributed by atoms with Crippen LogP contribution in [0, 0.1) is 5.82 Å². The van der Waals surface area contributed by atoms with Crippen molar-refractivity contribution in [3.63, 3.8) is 0 Å². The Morgan fingerprint density at radius 2 is 1.95 bits per heavy atom. The monoisotopic (exact) mass is 305 g/mol. The van der Waals surface area contributed by atoms with E-state index >= 15 is 0 Å². The molecule has 0 unspecified atom stereocenters. The fourth-order valence-corrected chi connectivity index (χ4v) is 2.93. The lowest BCUT2D eigenvalue weighted by molar-refractivity contribution is 0.602. The van der Waals surface area contributed by atoms with Crippen LogP contribution in [0.2, 0.25) is 0 Å². The molecule has 1 N–H and O–H groups in total. The van der Waals surface area contributed by atoms with Gasteiger partial charge in [-0.2, -0.15) is 0 Å². The maximum atomic E-state index is 13.8. The molecule has 1 aromatic heterocycles. The average Bonchev–Trinajstić information content (AvgIpc) is 2.50. The summed E-state index contributed by atoms with van der Waals surface area (Å²) >= 11 is 1.36. The smallest absolute Gasteiger partial charge is 0.137 e. The molecule has 0 spiro atoms. The fourth-order valence-electron chi connectivity index (χ4n) is 1.99. The zero-order valence-corrected chi connectivity index (χ0v) is 13.2. The van der Waals surface area contributed by atoms with E-state index in [4.69, 9.17) is 0 Å². The molecule has 0 atom stereocenters. The summed E-state index contributed by atoms with van der Waals surface area (Å²) in [7, 11) is 0. The molecule has 3 nitrogen and oxygen atoms in total. The Balaban J connectivity index is 2.31. The third kappa shape index (κ3) is 4.17. The second-order valence-electron chi connectivity index (χ2n) is 4.72. The van der Waals surface area contributed by atoms with Gasteiger partial charge in [-0.3, -0.25) is 0 Å². The lowest BCUT2D eigenvalue weighted by Crippen LogP contribution is -2.07. The summed E-state index contributed by atoms with van der Waals surface area (Å²) in [6, 6.07) is 6.78. The van der Waals surface area contributed by atoms with Gasteiger partial charge in [-0.25, -0.2) is 14.4 Å². The standard InChI is InChI=1S/C16H20FN3S/c1-3-7-12-15(18-10-4-2)19-11-20-16(12)21-14-9-6-5-8-13(14)17/h5-6,8-9,11H,3-4,7,10H2,1-2H3,(H,18,19,20). The maximum Gasteiger partial charge on any atom is 0.137 e. The van der Waals surface area contributed by atoms with Crippen molar-refractivity contribution >= 4 is 17.6 Å². The molecule has 1 heterocycles. The van der Waals surface area contributed by atoms with Crippen molar-refractivity contribution in [2.45, 2.75) is 43.0 Å². The number of hydrogen-bond donors (Lipinski definition) is 1. The normalized spacial score (nSPS) is 10.6. The molecular formula is C16H20FN3S. The van der Waals surface area contributed by atoms with Gasteiger partial charge in [0.1, 0.15) is 23.0 Å². The van der Waals surface area contributed by atoms with E-state index in [1.54, 1.807) is 18.5 Å². The first-order valence-corrected chi connectivity index (χ1v) is 8.08. The molecule has 1 aromatic carbocycles. The number of halogens is 1. The Hall–Kier alpha value is -1.62. The average molecular weight is 305 g/mol. The van der Waals surface area contributed by atoms with Gasteiger partial charge in [0.25, 0.3) is 0 Å². The minimum Gasteiger partial charge on any atom is -0.370 e. The Kier molecular flexibility index (Phi) is 5.99. The van der Waals surface area contributed by atoms with Crippen molar-refractivity contribution < 1.29 is 4.39 Å². The molecule has 21 heavy (non-hydrogen) atoms. The van der Waals surface area contributed by atoms with E-state index in [9.17, 15) is 4.39 Å². The highest BCUT2D eigenvalue weighted by Crippen LogP contribution is 2.33. The maximum absolute atomic E-state index is 13.8. The number of hydrogen-bond acceptors (Lipinski definition) is 4. The van der Waals surface area contributed by atoms with Crippen LogP contribution in [-0.2, 0) is 6.42 Å². The number of nitrogens with zero attached hydrogens (tertiary/aromatic N) is 2. The summed E-state index contributed by atoms with van der Waals surface area (Å²) in [6.45, 7) is 5.11. The fraction of sp³-hybridized carbons (Fsp3) is 0.375. The number of benzene rings is 1. The predicted molar refractivity (Wildman–Crippen MR) is 85.3 cm³/mol. The van der Waals surface area contributed by atoms with Crippen molar-refractivity contribution in [1.29, 1.82) is 0 Å². The van der Waals surface area contributed by atoms with Gasteiger partial charge in [0.15, 0.2) is 0 Å². The second kappa shape index (κ2) is 7.98. The van der Waals surface area contributed by atoms with Gasteiger partial charge >= 0.3 is 0 Å². The molecule has 0 saturated heterocycles. The molecular weight excluding hydrogens is 285 g/mol. The van der Waals surface area contributed by atoms with Crippen molar-refractivity contribution in [2.75, 3.05) is 11.9 Å². The van der Waals surface area contributed by atoms with E-state index in [0.29, 0.717) is 4.90 Å². The SMILES string of the molecule is CCCNc1ncnc(Sc2ccccc2F)c1CCC. The molecule has 112 valence electrons. The van der Waals surface area contributed by atoms with Gasteiger partial charge in [0.2, 0.25) is 0 Å².